The third kappa shape index (κ3) is 4.09. The summed E-state index contributed by atoms with van der Waals surface area (Å²) in [6.07, 6.45) is 7.22. The molecule has 2 N–H and O–H groups in total. The maximum atomic E-state index is 11.1. The molecule has 3 fully saturated rings. The van der Waals surface area contributed by atoms with Gasteiger partial charge in [0.2, 0.25) is 0 Å². The molecule has 0 radical (unpaired) electrons. The lowest BCUT2D eigenvalue weighted by atomic mass is 9.71. The Morgan fingerprint density at radius 3 is 2.32 bits per heavy atom. The quantitative estimate of drug-likeness (QED) is 0.708. The molecule has 3 saturated carbocycles. The van der Waals surface area contributed by atoms with Gasteiger partial charge in [0.1, 0.15) is 0 Å². The van der Waals surface area contributed by atoms with Crippen molar-refractivity contribution < 1.29 is 14.9 Å². The molecule has 3 nitrogen and oxygen atoms in total. The summed E-state index contributed by atoms with van der Waals surface area (Å²) in [5, 5.41) is 22.1. The standard InChI is InChI=1S/C22H40O3/c1-19(2,3)14-17(20(4,5)6)18(23)25-21-8-7-9-22(24)12-15(11-21)10-16(22)13-21/h15-18,23-24H,7-14H2,1-6H3. The van der Waals surface area contributed by atoms with Gasteiger partial charge in [-0.15, -0.1) is 0 Å². The summed E-state index contributed by atoms with van der Waals surface area (Å²) >= 11 is 0. The summed E-state index contributed by atoms with van der Waals surface area (Å²) in [4.78, 5) is 0. The van der Waals surface area contributed by atoms with E-state index in [2.05, 4.69) is 41.5 Å². The van der Waals surface area contributed by atoms with Gasteiger partial charge < -0.3 is 14.9 Å². The van der Waals surface area contributed by atoms with Crippen LogP contribution >= 0.6 is 0 Å². The second-order valence-electron chi connectivity index (χ2n) is 11.8. The zero-order valence-corrected chi connectivity index (χ0v) is 17.3. The van der Waals surface area contributed by atoms with Crippen LogP contribution in [0.5, 0.6) is 0 Å². The Morgan fingerprint density at radius 1 is 1.04 bits per heavy atom. The molecule has 3 heteroatoms. The Labute approximate surface area is 154 Å². The predicted molar refractivity (Wildman–Crippen MR) is 101 cm³/mol. The lowest BCUT2D eigenvalue weighted by molar-refractivity contribution is -0.243. The van der Waals surface area contributed by atoms with Crippen molar-refractivity contribution >= 4 is 0 Å². The lowest BCUT2D eigenvalue weighted by Gasteiger charge is -2.45. The van der Waals surface area contributed by atoms with E-state index in [-0.39, 0.29) is 22.3 Å². The summed E-state index contributed by atoms with van der Waals surface area (Å²) in [6, 6.07) is 0. The molecular weight excluding hydrogens is 312 g/mol. The summed E-state index contributed by atoms with van der Waals surface area (Å²) in [7, 11) is 0. The first kappa shape index (κ1) is 19.6. The maximum Gasteiger partial charge on any atom is 0.158 e. The minimum absolute atomic E-state index is 0.00243. The van der Waals surface area contributed by atoms with Crippen LogP contribution in [0.2, 0.25) is 0 Å². The van der Waals surface area contributed by atoms with Crippen LogP contribution in [0.3, 0.4) is 0 Å². The van der Waals surface area contributed by atoms with E-state index in [1.807, 2.05) is 0 Å². The van der Waals surface area contributed by atoms with E-state index >= 15 is 0 Å². The van der Waals surface area contributed by atoms with Crippen molar-refractivity contribution in [2.24, 2.45) is 28.6 Å². The second-order valence-corrected chi connectivity index (χ2v) is 11.8. The number of aliphatic hydroxyl groups is 2. The first-order valence-corrected chi connectivity index (χ1v) is 10.4. The molecule has 0 amide bonds. The molecule has 0 aromatic rings. The molecule has 0 saturated heterocycles. The lowest BCUT2D eigenvalue weighted by Crippen LogP contribution is -2.46. The zero-order valence-electron chi connectivity index (χ0n) is 17.3. The van der Waals surface area contributed by atoms with Gasteiger partial charge in [0.05, 0.1) is 11.2 Å². The molecule has 0 aliphatic heterocycles. The average Bonchev–Trinajstić information content (AvgIpc) is 2.58. The highest BCUT2D eigenvalue weighted by molar-refractivity contribution is 5.08. The van der Waals surface area contributed by atoms with Gasteiger partial charge in [0.25, 0.3) is 0 Å². The molecule has 3 rings (SSSR count). The first-order chi connectivity index (χ1) is 11.3. The SMILES string of the molecule is CC(C)(C)CC(C(O)OC12CCCC3(O)CC(CC3C1)C2)C(C)(C)C. The molecule has 0 aromatic heterocycles. The van der Waals surface area contributed by atoms with E-state index in [9.17, 15) is 10.2 Å². The topological polar surface area (TPSA) is 49.7 Å². The van der Waals surface area contributed by atoms with Gasteiger partial charge in [-0.05, 0) is 74.0 Å². The van der Waals surface area contributed by atoms with Gasteiger partial charge in [0, 0.05) is 5.92 Å². The molecule has 3 bridgehead atoms. The minimum atomic E-state index is -0.720. The van der Waals surface area contributed by atoms with E-state index < -0.39 is 11.9 Å². The Morgan fingerprint density at radius 2 is 1.72 bits per heavy atom. The van der Waals surface area contributed by atoms with Crippen molar-refractivity contribution in [1.82, 2.24) is 0 Å². The molecule has 3 aliphatic carbocycles. The highest BCUT2D eigenvalue weighted by atomic mass is 16.6. The Bertz CT molecular complexity index is 488. The Balaban J connectivity index is 1.78. The molecule has 6 atom stereocenters. The van der Waals surface area contributed by atoms with E-state index in [0.717, 1.165) is 51.4 Å². The number of hydrogen-bond donors (Lipinski definition) is 2. The molecular formula is C22H40O3. The van der Waals surface area contributed by atoms with Crippen molar-refractivity contribution in [1.29, 1.82) is 0 Å². The number of ether oxygens (including phenoxy) is 1. The van der Waals surface area contributed by atoms with Gasteiger partial charge in [-0.25, -0.2) is 0 Å². The monoisotopic (exact) mass is 352 g/mol. The van der Waals surface area contributed by atoms with Crippen LogP contribution in [0.1, 0.15) is 92.9 Å². The van der Waals surface area contributed by atoms with Gasteiger partial charge in [0.15, 0.2) is 6.29 Å². The normalized spacial score (nSPS) is 40.8. The summed E-state index contributed by atoms with van der Waals surface area (Å²) in [5.41, 5.74) is -0.501. The van der Waals surface area contributed by atoms with Crippen molar-refractivity contribution in [3.8, 4) is 0 Å². The number of rotatable bonds is 4. The zero-order chi connectivity index (χ0) is 18.7. The first-order valence-electron chi connectivity index (χ1n) is 10.4. The van der Waals surface area contributed by atoms with E-state index in [1.54, 1.807) is 0 Å². The molecule has 0 spiro atoms. The van der Waals surface area contributed by atoms with Gasteiger partial charge in [-0.1, -0.05) is 41.5 Å². The highest BCUT2D eigenvalue weighted by Crippen LogP contribution is 2.58. The number of fused-ring (bicyclic) bond motifs is 2. The van der Waals surface area contributed by atoms with Gasteiger partial charge in [-0.3, -0.25) is 0 Å². The fourth-order valence-corrected chi connectivity index (χ4v) is 6.07. The molecule has 146 valence electrons. The number of aliphatic hydroxyl groups excluding tert-OH is 1. The largest absolute Gasteiger partial charge is 0.390 e. The van der Waals surface area contributed by atoms with Crippen molar-refractivity contribution in [2.45, 2.75) is 110 Å². The highest BCUT2D eigenvalue weighted by Gasteiger charge is 2.57. The fourth-order valence-electron chi connectivity index (χ4n) is 6.07. The second kappa shape index (κ2) is 6.21. The van der Waals surface area contributed by atoms with Crippen LogP contribution < -0.4 is 0 Å². The van der Waals surface area contributed by atoms with Crippen molar-refractivity contribution in [3.05, 3.63) is 0 Å². The summed E-state index contributed by atoms with van der Waals surface area (Å²) < 4.78 is 6.55. The summed E-state index contributed by atoms with van der Waals surface area (Å²) in [5.74, 6) is 1.06. The molecule has 0 aromatic carbocycles. The molecule has 6 unspecified atom stereocenters. The van der Waals surface area contributed by atoms with E-state index in [1.165, 1.54) is 0 Å². The number of hydrogen-bond acceptors (Lipinski definition) is 3. The van der Waals surface area contributed by atoms with Crippen LogP contribution in [0.15, 0.2) is 0 Å². The van der Waals surface area contributed by atoms with Gasteiger partial charge in [-0.2, -0.15) is 0 Å². The molecule has 3 aliphatic rings. The van der Waals surface area contributed by atoms with Crippen LogP contribution in [-0.4, -0.2) is 27.7 Å². The molecule has 25 heavy (non-hydrogen) atoms. The smallest absolute Gasteiger partial charge is 0.158 e. The third-order valence-corrected chi connectivity index (χ3v) is 7.20. The van der Waals surface area contributed by atoms with Crippen molar-refractivity contribution in [2.75, 3.05) is 0 Å². The van der Waals surface area contributed by atoms with Crippen LogP contribution in [-0.2, 0) is 4.74 Å². The Kier molecular flexibility index (Phi) is 4.87. The summed E-state index contributed by atoms with van der Waals surface area (Å²) in [6.45, 7) is 13.4. The van der Waals surface area contributed by atoms with E-state index in [4.69, 9.17) is 4.74 Å². The average molecular weight is 353 g/mol. The minimum Gasteiger partial charge on any atom is -0.390 e. The van der Waals surface area contributed by atoms with Crippen LogP contribution in [0.25, 0.3) is 0 Å². The predicted octanol–water partition coefficient (Wildman–Crippen LogP) is 4.89. The maximum absolute atomic E-state index is 11.1. The van der Waals surface area contributed by atoms with Crippen LogP contribution in [0.4, 0.5) is 0 Å². The molecule has 0 heterocycles. The van der Waals surface area contributed by atoms with Crippen molar-refractivity contribution in [3.63, 3.8) is 0 Å². The van der Waals surface area contributed by atoms with E-state index in [0.29, 0.717) is 11.8 Å². The van der Waals surface area contributed by atoms with Gasteiger partial charge >= 0.3 is 0 Å². The fraction of sp³-hybridized carbons (Fsp3) is 1.00. The van der Waals surface area contributed by atoms with Crippen LogP contribution in [0, 0.1) is 28.6 Å². The Hall–Kier alpha value is -0.120. The third-order valence-electron chi connectivity index (χ3n) is 7.20.